The minimum Gasteiger partial charge on any atom is -0.497 e. The van der Waals surface area contributed by atoms with Crippen LogP contribution >= 0.6 is 11.3 Å². The molecule has 4 aromatic rings. The molecule has 0 fully saturated rings. The third-order valence-electron chi connectivity index (χ3n) is 4.68. The maximum atomic E-state index is 12.5. The minimum absolute atomic E-state index is 0.0772. The lowest BCUT2D eigenvalue weighted by atomic mass is 10.2. The second-order valence-electron chi connectivity index (χ2n) is 6.93. The van der Waals surface area contributed by atoms with Crippen molar-refractivity contribution in [2.45, 2.75) is 13.5 Å². The molecule has 9 nitrogen and oxygen atoms in total. The van der Waals surface area contributed by atoms with Crippen LogP contribution in [0, 0.1) is 6.92 Å². The van der Waals surface area contributed by atoms with Gasteiger partial charge in [0.15, 0.2) is 0 Å². The average Bonchev–Trinajstić information content (AvgIpc) is 3.23. The van der Waals surface area contributed by atoms with Crippen molar-refractivity contribution in [3.8, 4) is 22.1 Å². The fourth-order valence-electron chi connectivity index (χ4n) is 3.00. The molecule has 2 aromatic heterocycles. The summed E-state index contributed by atoms with van der Waals surface area (Å²) >= 11 is 1.31. The van der Waals surface area contributed by atoms with Gasteiger partial charge in [-0.25, -0.2) is 9.78 Å². The fraction of sp³-hybridized carbons (Fsp3) is 0.182. The van der Waals surface area contributed by atoms with Crippen molar-refractivity contribution in [3.63, 3.8) is 0 Å². The number of nitrogens with one attached hydrogen (secondary N) is 2. The molecule has 0 radical (unpaired) electrons. The predicted octanol–water partition coefficient (Wildman–Crippen LogP) is 3.47. The van der Waals surface area contributed by atoms with Gasteiger partial charge in [0, 0.05) is 17.7 Å². The Morgan fingerprint density at radius 2 is 1.88 bits per heavy atom. The summed E-state index contributed by atoms with van der Waals surface area (Å²) in [6.45, 7) is 2.09. The summed E-state index contributed by atoms with van der Waals surface area (Å²) in [5.74, 6) is 1.07. The molecule has 0 aliphatic carbocycles. The number of benzene rings is 2. The molecule has 0 aliphatic rings. The molecule has 0 saturated carbocycles. The van der Waals surface area contributed by atoms with Gasteiger partial charge in [-0.05, 0) is 19.1 Å². The summed E-state index contributed by atoms with van der Waals surface area (Å²) in [7, 11) is 3.05. The molecular weight excluding hydrogens is 430 g/mol. The number of carbonyl (C=O) groups is 1. The summed E-state index contributed by atoms with van der Waals surface area (Å²) in [5, 5.41) is 10.5. The molecule has 0 atom stereocenters. The molecular formula is C22H21N5O4S. The summed E-state index contributed by atoms with van der Waals surface area (Å²) in [6, 6.07) is 13.9. The van der Waals surface area contributed by atoms with Crippen molar-refractivity contribution >= 4 is 28.0 Å². The monoisotopic (exact) mass is 451 g/mol. The highest BCUT2D eigenvalue weighted by atomic mass is 32.1. The number of urea groups is 1. The van der Waals surface area contributed by atoms with Crippen LogP contribution in [0.4, 0.5) is 10.5 Å². The number of aromatic nitrogens is 3. The van der Waals surface area contributed by atoms with Gasteiger partial charge in [0.2, 0.25) is 4.96 Å². The van der Waals surface area contributed by atoms with Gasteiger partial charge in [0.25, 0.3) is 5.56 Å². The number of anilines is 1. The zero-order valence-corrected chi connectivity index (χ0v) is 18.5. The normalized spacial score (nSPS) is 10.7. The number of methoxy groups -OCH3 is 2. The second-order valence-corrected chi connectivity index (χ2v) is 7.88. The number of nitrogens with zero attached hydrogens (tertiary/aromatic N) is 3. The van der Waals surface area contributed by atoms with Crippen LogP contribution < -0.4 is 25.7 Å². The zero-order chi connectivity index (χ0) is 22.7. The van der Waals surface area contributed by atoms with E-state index in [1.807, 2.05) is 31.2 Å². The summed E-state index contributed by atoms with van der Waals surface area (Å²) in [6.07, 6.45) is 0. The molecule has 0 aliphatic heterocycles. The van der Waals surface area contributed by atoms with Crippen molar-refractivity contribution in [1.29, 1.82) is 0 Å². The molecule has 2 N–H and O–H groups in total. The number of ether oxygens (including phenoxy) is 2. The lowest BCUT2D eigenvalue weighted by Crippen LogP contribution is -2.29. The van der Waals surface area contributed by atoms with Crippen LogP contribution in [-0.2, 0) is 6.54 Å². The molecule has 0 bridgehead atoms. The van der Waals surface area contributed by atoms with E-state index in [-0.39, 0.29) is 12.1 Å². The minimum atomic E-state index is -0.458. The van der Waals surface area contributed by atoms with E-state index >= 15 is 0 Å². The topological polar surface area (TPSA) is 107 Å². The standard InChI is InChI=1S/C22H21N5O4S/c1-13-4-6-14(7-5-13)20-26-27-19(28)10-15(24-22(27)32-20)12-23-21(29)25-17-9-8-16(30-2)11-18(17)31-3/h4-11H,12H2,1-3H3,(H2,23,25,29). The Kier molecular flexibility index (Phi) is 6.04. The lowest BCUT2D eigenvalue weighted by molar-refractivity contribution is 0.251. The van der Waals surface area contributed by atoms with Gasteiger partial charge in [-0.3, -0.25) is 4.79 Å². The lowest BCUT2D eigenvalue weighted by Gasteiger charge is -2.12. The molecule has 2 heterocycles. The largest absolute Gasteiger partial charge is 0.497 e. The molecule has 32 heavy (non-hydrogen) atoms. The Labute approximate surface area is 187 Å². The van der Waals surface area contributed by atoms with E-state index in [0.717, 1.165) is 11.1 Å². The van der Waals surface area contributed by atoms with Gasteiger partial charge in [-0.15, -0.1) is 0 Å². The third-order valence-corrected chi connectivity index (χ3v) is 5.64. The molecule has 0 saturated heterocycles. The van der Waals surface area contributed by atoms with E-state index in [9.17, 15) is 9.59 Å². The first-order valence-electron chi connectivity index (χ1n) is 9.70. The van der Waals surface area contributed by atoms with E-state index < -0.39 is 6.03 Å². The number of hydrogen-bond acceptors (Lipinski definition) is 7. The maximum absolute atomic E-state index is 12.5. The van der Waals surface area contributed by atoms with E-state index in [0.29, 0.717) is 32.8 Å². The van der Waals surface area contributed by atoms with E-state index in [4.69, 9.17) is 9.47 Å². The number of aryl methyl sites for hydroxylation is 1. The molecule has 0 spiro atoms. The SMILES string of the molecule is COc1ccc(NC(=O)NCc2cc(=O)n3nc(-c4ccc(C)cc4)sc3n2)c(OC)c1. The summed E-state index contributed by atoms with van der Waals surface area (Å²) in [4.78, 5) is 29.8. The highest BCUT2D eigenvalue weighted by Gasteiger charge is 2.12. The first-order chi connectivity index (χ1) is 15.5. The summed E-state index contributed by atoms with van der Waals surface area (Å²) < 4.78 is 11.7. The van der Waals surface area contributed by atoms with Crippen molar-refractivity contribution in [2.24, 2.45) is 0 Å². The van der Waals surface area contributed by atoms with Crippen LogP contribution in [0.15, 0.2) is 53.3 Å². The fourth-order valence-corrected chi connectivity index (χ4v) is 3.93. The van der Waals surface area contributed by atoms with E-state index in [1.165, 1.54) is 29.0 Å². The van der Waals surface area contributed by atoms with Crippen LogP contribution in [0.2, 0.25) is 0 Å². The number of amides is 2. The van der Waals surface area contributed by atoms with Crippen molar-refractivity contribution in [3.05, 3.63) is 70.1 Å². The van der Waals surface area contributed by atoms with Crippen LogP contribution in [-0.4, -0.2) is 34.8 Å². The number of rotatable bonds is 6. The molecule has 10 heteroatoms. The predicted molar refractivity (Wildman–Crippen MR) is 123 cm³/mol. The average molecular weight is 452 g/mol. The van der Waals surface area contributed by atoms with E-state index in [2.05, 4.69) is 20.7 Å². The van der Waals surface area contributed by atoms with Gasteiger partial charge in [-0.1, -0.05) is 41.2 Å². The Balaban J connectivity index is 1.48. The molecule has 4 rings (SSSR count). The molecule has 164 valence electrons. The quantitative estimate of drug-likeness (QED) is 0.465. The van der Waals surface area contributed by atoms with Gasteiger partial charge in [0.1, 0.15) is 16.5 Å². The van der Waals surface area contributed by atoms with Crippen LogP contribution in [0.25, 0.3) is 15.5 Å². The van der Waals surface area contributed by atoms with E-state index in [1.54, 1.807) is 25.3 Å². The zero-order valence-electron chi connectivity index (χ0n) is 17.7. The number of hydrogen-bond donors (Lipinski definition) is 2. The Morgan fingerprint density at radius 1 is 1.09 bits per heavy atom. The molecule has 2 aromatic carbocycles. The first-order valence-corrected chi connectivity index (χ1v) is 10.5. The van der Waals surface area contributed by atoms with Crippen LogP contribution in [0.5, 0.6) is 11.5 Å². The van der Waals surface area contributed by atoms with Gasteiger partial charge in [0.05, 0.1) is 32.1 Å². The smallest absolute Gasteiger partial charge is 0.319 e. The van der Waals surface area contributed by atoms with Crippen molar-refractivity contribution in [2.75, 3.05) is 19.5 Å². The highest BCUT2D eigenvalue weighted by molar-refractivity contribution is 7.19. The van der Waals surface area contributed by atoms with Crippen LogP contribution in [0.3, 0.4) is 0 Å². The Bertz CT molecular complexity index is 1330. The highest BCUT2D eigenvalue weighted by Crippen LogP contribution is 2.29. The van der Waals surface area contributed by atoms with Crippen LogP contribution in [0.1, 0.15) is 11.3 Å². The summed E-state index contributed by atoms with van der Waals surface area (Å²) in [5.41, 5.74) is 2.67. The second kappa shape index (κ2) is 9.06. The van der Waals surface area contributed by atoms with Gasteiger partial charge >= 0.3 is 6.03 Å². The maximum Gasteiger partial charge on any atom is 0.319 e. The van der Waals surface area contributed by atoms with Gasteiger partial charge < -0.3 is 20.1 Å². The number of carbonyl (C=O) groups excluding carboxylic acids is 1. The first kappa shape index (κ1) is 21.3. The van der Waals surface area contributed by atoms with Crippen molar-refractivity contribution in [1.82, 2.24) is 19.9 Å². The van der Waals surface area contributed by atoms with Gasteiger partial charge in [-0.2, -0.15) is 9.61 Å². The Hall–Kier alpha value is -3.92. The third kappa shape index (κ3) is 4.54. The number of fused-ring (bicyclic) bond motifs is 1. The van der Waals surface area contributed by atoms with Crippen molar-refractivity contribution < 1.29 is 14.3 Å². The molecule has 2 amide bonds. The Morgan fingerprint density at radius 3 is 2.59 bits per heavy atom. The molecule has 0 unspecified atom stereocenters.